The van der Waals surface area contributed by atoms with Gasteiger partial charge in [0.1, 0.15) is 18.1 Å². The molecular formula is C21H22Cl2N4O4. The second kappa shape index (κ2) is 10.5. The number of aromatic nitrogens is 3. The second-order valence-corrected chi connectivity index (χ2v) is 7.16. The van der Waals surface area contributed by atoms with Crippen LogP contribution in [0.1, 0.15) is 23.4 Å². The Morgan fingerprint density at radius 1 is 1.10 bits per heavy atom. The van der Waals surface area contributed by atoms with Crippen LogP contribution in [0.25, 0.3) is 5.69 Å². The van der Waals surface area contributed by atoms with E-state index in [9.17, 15) is 4.79 Å². The van der Waals surface area contributed by atoms with Crippen molar-refractivity contribution >= 4 is 34.8 Å². The minimum absolute atomic E-state index is 0.00879. The summed E-state index contributed by atoms with van der Waals surface area (Å²) in [6.45, 7) is 2.67. The quantitative estimate of drug-likeness (QED) is 0.471. The summed E-state index contributed by atoms with van der Waals surface area (Å²) in [6, 6.07) is 10.2. The topological polar surface area (TPSA) is 87.5 Å². The molecule has 0 aliphatic rings. The third-order valence-corrected chi connectivity index (χ3v) is 4.92. The molecule has 164 valence electrons. The predicted molar refractivity (Wildman–Crippen MR) is 119 cm³/mol. The van der Waals surface area contributed by atoms with Crippen LogP contribution in [-0.4, -0.2) is 48.1 Å². The molecule has 0 aliphatic heterocycles. The molecule has 0 atom stereocenters. The zero-order chi connectivity index (χ0) is 22.4. The van der Waals surface area contributed by atoms with E-state index >= 15 is 0 Å². The number of nitrogens with one attached hydrogen (secondary N) is 1. The number of benzene rings is 2. The number of rotatable bonds is 9. The molecule has 3 aromatic rings. The Morgan fingerprint density at radius 3 is 2.48 bits per heavy atom. The lowest BCUT2D eigenvalue weighted by molar-refractivity contribution is 0.101. The number of aryl methyl sites for hydroxylation is 1. The highest BCUT2D eigenvalue weighted by Gasteiger charge is 2.20. The molecular weight excluding hydrogens is 443 g/mol. The Bertz CT molecular complexity index is 1050. The van der Waals surface area contributed by atoms with Crippen LogP contribution in [-0.2, 0) is 11.2 Å². The summed E-state index contributed by atoms with van der Waals surface area (Å²) in [5.41, 5.74) is 0.982. The largest absolute Gasteiger partial charge is 0.493 e. The van der Waals surface area contributed by atoms with Crippen LogP contribution >= 0.6 is 23.2 Å². The smallest absolute Gasteiger partial charge is 0.295 e. The van der Waals surface area contributed by atoms with Crippen LogP contribution in [0.5, 0.6) is 11.5 Å². The number of nitrogens with zero attached hydrogens (tertiary/aromatic N) is 3. The minimum atomic E-state index is -0.482. The fourth-order valence-electron chi connectivity index (χ4n) is 2.83. The van der Waals surface area contributed by atoms with Gasteiger partial charge in [-0.2, -0.15) is 0 Å². The van der Waals surface area contributed by atoms with E-state index in [-0.39, 0.29) is 5.82 Å². The predicted octanol–water partition coefficient (Wildman–Crippen LogP) is 4.42. The molecule has 0 saturated heterocycles. The highest BCUT2D eigenvalue weighted by atomic mass is 35.5. The summed E-state index contributed by atoms with van der Waals surface area (Å²) in [5.74, 6) is 1.08. The molecule has 0 aliphatic carbocycles. The monoisotopic (exact) mass is 464 g/mol. The lowest BCUT2D eigenvalue weighted by Crippen LogP contribution is -2.14. The van der Waals surface area contributed by atoms with Gasteiger partial charge in [0.15, 0.2) is 11.5 Å². The maximum atomic E-state index is 12.8. The summed E-state index contributed by atoms with van der Waals surface area (Å²) in [5, 5.41) is 7.93. The Balaban J connectivity index is 1.86. The van der Waals surface area contributed by atoms with Gasteiger partial charge in [-0.25, -0.2) is 9.67 Å². The van der Waals surface area contributed by atoms with Gasteiger partial charge < -0.3 is 19.5 Å². The van der Waals surface area contributed by atoms with E-state index in [2.05, 4.69) is 15.4 Å². The molecule has 0 saturated carbocycles. The number of anilines is 1. The standard InChI is InChI=1S/C21H22Cl2N4O4/c1-4-18-25-20(26-27(18)19-14(22)6-5-7-15(19)23)21(28)24-13-8-9-16(30-3)17(12-13)31-11-10-29-2/h5-9,12H,4,10-11H2,1-3H3,(H,24,28). The molecule has 0 radical (unpaired) electrons. The Hall–Kier alpha value is -2.81. The van der Waals surface area contributed by atoms with Crippen LogP contribution in [0.2, 0.25) is 10.0 Å². The van der Waals surface area contributed by atoms with Gasteiger partial charge in [-0.1, -0.05) is 36.2 Å². The molecule has 0 bridgehead atoms. The van der Waals surface area contributed by atoms with Crippen LogP contribution < -0.4 is 14.8 Å². The van der Waals surface area contributed by atoms with E-state index in [1.165, 1.54) is 4.68 Å². The number of ether oxygens (including phenoxy) is 3. The van der Waals surface area contributed by atoms with Gasteiger partial charge in [0, 0.05) is 25.3 Å². The van der Waals surface area contributed by atoms with Crippen molar-refractivity contribution in [2.24, 2.45) is 0 Å². The van der Waals surface area contributed by atoms with Crippen LogP contribution in [0, 0.1) is 0 Å². The van der Waals surface area contributed by atoms with Gasteiger partial charge in [-0.05, 0) is 24.3 Å². The van der Waals surface area contributed by atoms with Gasteiger partial charge in [0.05, 0.1) is 23.8 Å². The van der Waals surface area contributed by atoms with E-state index in [0.29, 0.717) is 58.4 Å². The summed E-state index contributed by atoms with van der Waals surface area (Å²) < 4.78 is 17.4. The molecule has 10 heteroatoms. The Labute approximate surface area is 190 Å². The first-order valence-corrected chi connectivity index (χ1v) is 10.3. The number of methoxy groups -OCH3 is 2. The van der Waals surface area contributed by atoms with Crippen molar-refractivity contribution in [2.45, 2.75) is 13.3 Å². The van der Waals surface area contributed by atoms with Gasteiger partial charge in [0.2, 0.25) is 5.82 Å². The molecule has 31 heavy (non-hydrogen) atoms. The molecule has 1 aromatic heterocycles. The molecule has 3 rings (SSSR count). The molecule has 8 nitrogen and oxygen atoms in total. The third kappa shape index (κ3) is 5.28. The second-order valence-electron chi connectivity index (χ2n) is 6.35. The zero-order valence-corrected chi connectivity index (χ0v) is 18.8. The van der Waals surface area contributed by atoms with Gasteiger partial charge >= 0.3 is 0 Å². The highest BCUT2D eigenvalue weighted by molar-refractivity contribution is 6.37. The maximum absolute atomic E-state index is 12.8. The fourth-order valence-corrected chi connectivity index (χ4v) is 3.39. The zero-order valence-electron chi connectivity index (χ0n) is 17.3. The van der Waals surface area contributed by atoms with E-state index in [0.717, 1.165) is 0 Å². The summed E-state index contributed by atoms with van der Waals surface area (Å²) in [7, 11) is 3.13. The molecule has 0 unspecified atom stereocenters. The normalized spacial score (nSPS) is 10.7. The lowest BCUT2D eigenvalue weighted by Gasteiger charge is -2.12. The highest BCUT2D eigenvalue weighted by Crippen LogP contribution is 2.31. The van der Waals surface area contributed by atoms with Crippen molar-refractivity contribution < 1.29 is 19.0 Å². The Morgan fingerprint density at radius 2 is 1.84 bits per heavy atom. The number of para-hydroxylation sites is 1. The number of carbonyl (C=O) groups is 1. The van der Waals surface area contributed by atoms with E-state index < -0.39 is 5.91 Å². The van der Waals surface area contributed by atoms with Gasteiger partial charge in [0.25, 0.3) is 5.91 Å². The van der Waals surface area contributed by atoms with Crippen molar-refractivity contribution in [1.29, 1.82) is 0 Å². The van der Waals surface area contributed by atoms with Gasteiger partial charge in [-0.15, -0.1) is 5.10 Å². The molecule has 1 N–H and O–H groups in total. The maximum Gasteiger partial charge on any atom is 0.295 e. The van der Waals surface area contributed by atoms with E-state index in [1.807, 2.05) is 6.92 Å². The molecule has 1 heterocycles. The number of halogens is 2. The molecule has 1 amide bonds. The average Bonchev–Trinajstić information content (AvgIpc) is 3.18. The first-order valence-electron chi connectivity index (χ1n) is 9.49. The fraction of sp³-hybridized carbons (Fsp3) is 0.286. The van der Waals surface area contributed by atoms with Crippen LogP contribution in [0.15, 0.2) is 36.4 Å². The molecule has 2 aromatic carbocycles. The summed E-state index contributed by atoms with van der Waals surface area (Å²) in [4.78, 5) is 17.2. The lowest BCUT2D eigenvalue weighted by atomic mass is 10.2. The van der Waals surface area contributed by atoms with Crippen molar-refractivity contribution in [3.63, 3.8) is 0 Å². The molecule has 0 spiro atoms. The van der Waals surface area contributed by atoms with Crippen molar-refractivity contribution in [1.82, 2.24) is 14.8 Å². The number of carbonyl (C=O) groups excluding carboxylic acids is 1. The third-order valence-electron chi connectivity index (χ3n) is 4.31. The van der Waals surface area contributed by atoms with Crippen molar-refractivity contribution in [3.8, 4) is 17.2 Å². The number of hydrogen-bond acceptors (Lipinski definition) is 6. The number of amides is 1. The summed E-state index contributed by atoms with van der Waals surface area (Å²) in [6.07, 6.45) is 0.530. The average molecular weight is 465 g/mol. The SMILES string of the molecule is CCc1nc(C(=O)Nc2ccc(OC)c(OCCOC)c2)nn1-c1c(Cl)cccc1Cl. The van der Waals surface area contributed by atoms with E-state index in [4.69, 9.17) is 37.4 Å². The number of hydrogen-bond donors (Lipinski definition) is 1. The first kappa shape index (κ1) is 22.9. The minimum Gasteiger partial charge on any atom is -0.493 e. The summed E-state index contributed by atoms with van der Waals surface area (Å²) >= 11 is 12.6. The van der Waals surface area contributed by atoms with Gasteiger partial charge in [-0.3, -0.25) is 4.79 Å². The van der Waals surface area contributed by atoms with Crippen molar-refractivity contribution in [3.05, 3.63) is 58.1 Å². The first-order chi connectivity index (χ1) is 15.0. The van der Waals surface area contributed by atoms with Crippen molar-refractivity contribution in [2.75, 3.05) is 32.8 Å². The Kier molecular flexibility index (Phi) is 7.73. The van der Waals surface area contributed by atoms with Crippen LogP contribution in [0.4, 0.5) is 5.69 Å². The van der Waals surface area contributed by atoms with Crippen LogP contribution in [0.3, 0.4) is 0 Å². The molecule has 0 fully saturated rings. The van der Waals surface area contributed by atoms with E-state index in [1.54, 1.807) is 50.6 Å².